The van der Waals surface area contributed by atoms with E-state index in [2.05, 4.69) is 23.5 Å². The van der Waals surface area contributed by atoms with Crippen LogP contribution in [0.5, 0.6) is 0 Å². The molecule has 0 heterocycles. The molecular weight excluding hydrogens is 270 g/mol. The van der Waals surface area contributed by atoms with Gasteiger partial charge in [0.25, 0.3) is 0 Å². The summed E-state index contributed by atoms with van der Waals surface area (Å²) in [6.45, 7) is 3.93. The molecule has 0 aliphatic carbocycles. The van der Waals surface area contributed by atoms with Crippen molar-refractivity contribution >= 4 is 29.0 Å². The summed E-state index contributed by atoms with van der Waals surface area (Å²) in [5.74, 6) is 1.18. The van der Waals surface area contributed by atoms with Crippen molar-refractivity contribution in [1.29, 1.82) is 0 Å². The minimum atomic E-state index is 0.0527. The maximum absolute atomic E-state index is 11.9. The van der Waals surface area contributed by atoms with Crippen LogP contribution in [0.3, 0.4) is 0 Å². The molecule has 0 fully saturated rings. The van der Waals surface area contributed by atoms with Gasteiger partial charge in [-0.1, -0.05) is 6.07 Å². The summed E-state index contributed by atoms with van der Waals surface area (Å²) in [4.78, 5) is 14.2. The fourth-order valence-electron chi connectivity index (χ4n) is 1.87. The Morgan fingerprint density at radius 1 is 1.40 bits per heavy atom. The molecule has 0 saturated carbocycles. The molecule has 0 aliphatic rings. The number of nitrogens with two attached hydrogens (primary N) is 1. The Kier molecular flexibility index (Phi) is 7.47. The SMILES string of the molecule is CSCCN(C)CCCC(=O)Nc1cccc(N)c1C. The van der Waals surface area contributed by atoms with Gasteiger partial charge in [0.2, 0.25) is 5.91 Å². The lowest BCUT2D eigenvalue weighted by Crippen LogP contribution is -2.23. The molecule has 0 aliphatic heterocycles. The van der Waals surface area contributed by atoms with Crippen LogP contribution in [0.1, 0.15) is 18.4 Å². The Hall–Kier alpha value is -1.20. The van der Waals surface area contributed by atoms with E-state index in [1.807, 2.05) is 36.9 Å². The second-order valence-corrected chi connectivity index (χ2v) is 5.95. The molecule has 0 bridgehead atoms. The standard InChI is InChI=1S/C15H25N3OS/c1-12-13(16)6-4-7-14(12)17-15(19)8-5-9-18(2)10-11-20-3/h4,6-7H,5,8-11,16H2,1-3H3,(H,17,19). The molecule has 0 aromatic heterocycles. The van der Waals surface area contributed by atoms with E-state index in [1.54, 1.807) is 0 Å². The summed E-state index contributed by atoms with van der Waals surface area (Å²) in [6.07, 6.45) is 3.52. The van der Waals surface area contributed by atoms with Crippen LogP contribution >= 0.6 is 11.8 Å². The van der Waals surface area contributed by atoms with Gasteiger partial charge in [0.1, 0.15) is 0 Å². The number of carbonyl (C=O) groups excluding carboxylic acids is 1. The molecule has 0 atom stereocenters. The molecule has 112 valence electrons. The van der Waals surface area contributed by atoms with Gasteiger partial charge < -0.3 is 16.0 Å². The van der Waals surface area contributed by atoms with Gasteiger partial charge in [0.05, 0.1) is 0 Å². The summed E-state index contributed by atoms with van der Waals surface area (Å²) in [7, 11) is 2.09. The van der Waals surface area contributed by atoms with Crippen molar-refractivity contribution in [1.82, 2.24) is 4.90 Å². The molecule has 1 rings (SSSR count). The molecule has 0 spiro atoms. The first kappa shape index (κ1) is 16.9. The zero-order valence-corrected chi connectivity index (χ0v) is 13.4. The first-order valence-electron chi connectivity index (χ1n) is 6.87. The van der Waals surface area contributed by atoms with Crippen molar-refractivity contribution in [3.63, 3.8) is 0 Å². The van der Waals surface area contributed by atoms with Gasteiger partial charge in [-0.15, -0.1) is 0 Å². The Morgan fingerprint density at radius 2 is 2.15 bits per heavy atom. The minimum absolute atomic E-state index is 0.0527. The second kappa shape index (κ2) is 8.87. The van der Waals surface area contributed by atoms with E-state index in [-0.39, 0.29) is 5.91 Å². The smallest absolute Gasteiger partial charge is 0.224 e. The van der Waals surface area contributed by atoms with Gasteiger partial charge in [-0.25, -0.2) is 0 Å². The summed E-state index contributed by atoms with van der Waals surface area (Å²) in [5.41, 5.74) is 8.27. The van der Waals surface area contributed by atoms with Gasteiger partial charge in [0, 0.05) is 30.1 Å². The van der Waals surface area contributed by atoms with Crippen molar-refractivity contribution in [2.24, 2.45) is 0 Å². The number of nitrogens with zero attached hydrogens (tertiary/aromatic N) is 1. The molecule has 1 amide bonds. The van der Waals surface area contributed by atoms with Crippen LogP contribution in [-0.2, 0) is 4.79 Å². The first-order valence-corrected chi connectivity index (χ1v) is 8.26. The third-order valence-electron chi connectivity index (χ3n) is 3.27. The van der Waals surface area contributed by atoms with Crippen molar-refractivity contribution in [3.8, 4) is 0 Å². The first-order chi connectivity index (χ1) is 9.54. The zero-order valence-electron chi connectivity index (χ0n) is 12.6. The van der Waals surface area contributed by atoms with Gasteiger partial charge in [-0.3, -0.25) is 4.79 Å². The van der Waals surface area contributed by atoms with E-state index >= 15 is 0 Å². The van der Waals surface area contributed by atoms with Crippen LogP contribution < -0.4 is 11.1 Å². The van der Waals surface area contributed by atoms with Crippen LogP contribution in [0.15, 0.2) is 18.2 Å². The highest BCUT2D eigenvalue weighted by atomic mass is 32.2. The quantitative estimate of drug-likeness (QED) is 0.724. The van der Waals surface area contributed by atoms with Crippen molar-refractivity contribution in [3.05, 3.63) is 23.8 Å². The highest BCUT2D eigenvalue weighted by Crippen LogP contribution is 2.20. The number of nitrogen functional groups attached to an aromatic ring is 1. The fraction of sp³-hybridized carbons (Fsp3) is 0.533. The van der Waals surface area contributed by atoms with Gasteiger partial charge in [-0.2, -0.15) is 11.8 Å². The third-order valence-corrected chi connectivity index (χ3v) is 3.86. The molecule has 20 heavy (non-hydrogen) atoms. The van der Waals surface area contributed by atoms with E-state index in [0.29, 0.717) is 12.1 Å². The van der Waals surface area contributed by atoms with Crippen LogP contribution in [0.2, 0.25) is 0 Å². The molecule has 1 aromatic carbocycles. The van der Waals surface area contributed by atoms with E-state index in [1.165, 1.54) is 0 Å². The van der Waals surface area contributed by atoms with Gasteiger partial charge in [-0.05, 0) is 50.9 Å². The second-order valence-electron chi connectivity index (χ2n) is 4.97. The zero-order chi connectivity index (χ0) is 15.0. The largest absolute Gasteiger partial charge is 0.398 e. The fourth-order valence-corrected chi connectivity index (χ4v) is 2.36. The molecule has 1 aromatic rings. The van der Waals surface area contributed by atoms with Crippen LogP contribution in [0, 0.1) is 6.92 Å². The van der Waals surface area contributed by atoms with Crippen molar-refractivity contribution in [2.75, 3.05) is 43.2 Å². The van der Waals surface area contributed by atoms with Crippen LogP contribution in [-0.4, -0.2) is 43.0 Å². The molecule has 0 radical (unpaired) electrons. The van der Waals surface area contributed by atoms with Crippen molar-refractivity contribution in [2.45, 2.75) is 19.8 Å². The lowest BCUT2D eigenvalue weighted by Gasteiger charge is -2.15. The van der Waals surface area contributed by atoms with Crippen molar-refractivity contribution < 1.29 is 4.79 Å². The third kappa shape index (κ3) is 5.84. The normalized spacial score (nSPS) is 10.8. The summed E-state index contributed by atoms with van der Waals surface area (Å²) in [5, 5.41) is 2.93. The predicted octanol–water partition coefficient (Wildman–Crippen LogP) is 2.59. The topological polar surface area (TPSA) is 58.4 Å². The number of amides is 1. The number of rotatable bonds is 8. The molecule has 0 unspecified atom stereocenters. The summed E-state index contributed by atoms with van der Waals surface area (Å²) in [6, 6.07) is 5.58. The molecular formula is C15H25N3OS. The average Bonchev–Trinajstić information content (AvgIpc) is 2.41. The Labute approximate surface area is 126 Å². The maximum Gasteiger partial charge on any atom is 0.224 e. The lowest BCUT2D eigenvalue weighted by atomic mass is 10.1. The van der Waals surface area contributed by atoms with E-state index < -0.39 is 0 Å². The average molecular weight is 295 g/mol. The number of hydrogen-bond donors (Lipinski definition) is 2. The number of carbonyl (C=O) groups is 1. The highest BCUT2D eigenvalue weighted by Gasteiger charge is 2.07. The van der Waals surface area contributed by atoms with Crippen LogP contribution in [0.25, 0.3) is 0 Å². The minimum Gasteiger partial charge on any atom is -0.398 e. The number of thioether (sulfide) groups is 1. The Bertz CT molecular complexity index is 437. The summed E-state index contributed by atoms with van der Waals surface area (Å²) < 4.78 is 0. The van der Waals surface area contributed by atoms with E-state index in [9.17, 15) is 4.79 Å². The molecule has 4 nitrogen and oxygen atoms in total. The van der Waals surface area contributed by atoms with E-state index in [0.717, 1.165) is 36.5 Å². The number of benzene rings is 1. The van der Waals surface area contributed by atoms with Gasteiger partial charge >= 0.3 is 0 Å². The number of hydrogen-bond acceptors (Lipinski definition) is 4. The Morgan fingerprint density at radius 3 is 2.85 bits per heavy atom. The maximum atomic E-state index is 11.9. The molecule has 3 N–H and O–H groups in total. The Balaban J connectivity index is 2.32. The highest BCUT2D eigenvalue weighted by molar-refractivity contribution is 7.98. The monoisotopic (exact) mass is 295 g/mol. The number of nitrogens with one attached hydrogen (secondary N) is 1. The predicted molar refractivity (Wildman–Crippen MR) is 89.3 cm³/mol. The van der Waals surface area contributed by atoms with Crippen LogP contribution in [0.4, 0.5) is 11.4 Å². The molecule has 0 saturated heterocycles. The summed E-state index contributed by atoms with van der Waals surface area (Å²) >= 11 is 1.84. The molecule has 5 heteroatoms. The lowest BCUT2D eigenvalue weighted by molar-refractivity contribution is -0.116. The van der Waals surface area contributed by atoms with Gasteiger partial charge in [0.15, 0.2) is 0 Å². The number of anilines is 2. The van der Waals surface area contributed by atoms with E-state index in [4.69, 9.17) is 5.73 Å².